The Hall–Kier alpha value is -0.800. The second-order valence-corrected chi connectivity index (χ2v) is 5.71. The highest BCUT2D eigenvalue weighted by molar-refractivity contribution is 6.31. The van der Waals surface area contributed by atoms with Crippen molar-refractivity contribution in [1.29, 1.82) is 0 Å². The second kappa shape index (κ2) is 7.11. The van der Waals surface area contributed by atoms with E-state index >= 15 is 0 Å². The molecule has 1 atom stereocenters. The van der Waals surface area contributed by atoms with Crippen LogP contribution in [0.15, 0.2) is 12.3 Å². The lowest BCUT2D eigenvalue weighted by Gasteiger charge is -2.28. The maximum atomic E-state index is 6.22. The van der Waals surface area contributed by atoms with E-state index in [0.29, 0.717) is 6.04 Å². The molecule has 1 N–H and O–H groups in total. The molecule has 106 valence electrons. The van der Waals surface area contributed by atoms with Gasteiger partial charge in [-0.2, -0.15) is 0 Å². The fourth-order valence-corrected chi connectivity index (χ4v) is 2.81. The minimum absolute atomic E-state index is 0.572. The fraction of sp³-hybridized carbons (Fsp3) is 0.667. The Morgan fingerprint density at radius 1 is 1.42 bits per heavy atom. The summed E-state index contributed by atoms with van der Waals surface area (Å²) in [6.45, 7) is 7.27. The summed E-state index contributed by atoms with van der Waals surface area (Å²) in [7, 11) is 0. The van der Waals surface area contributed by atoms with Crippen molar-refractivity contribution in [2.75, 3.05) is 18.0 Å². The quantitative estimate of drug-likeness (QED) is 0.914. The predicted octanol–water partition coefficient (Wildman–Crippen LogP) is 3.61. The van der Waals surface area contributed by atoms with Crippen LogP contribution in [0.5, 0.6) is 0 Å². The number of hydrogen-bond acceptors (Lipinski definition) is 3. The zero-order valence-corrected chi connectivity index (χ0v) is 12.7. The van der Waals surface area contributed by atoms with E-state index in [0.717, 1.165) is 36.0 Å². The summed E-state index contributed by atoms with van der Waals surface area (Å²) in [5, 5.41) is 4.08. The number of pyridine rings is 1. The lowest BCUT2D eigenvalue weighted by atomic mass is 10.1. The molecule has 1 aromatic heterocycles. The van der Waals surface area contributed by atoms with E-state index in [-0.39, 0.29) is 0 Å². The Labute approximate surface area is 121 Å². The van der Waals surface area contributed by atoms with E-state index in [1.54, 1.807) is 6.20 Å². The van der Waals surface area contributed by atoms with E-state index in [9.17, 15) is 0 Å². The Bertz CT molecular complexity index is 408. The van der Waals surface area contributed by atoms with Gasteiger partial charge in [-0.25, -0.2) is 4.98 Å². The number of rotatable bonds is 4. The highest BCUT2D eigenvalue weighted by atomic mass is 35.5. The fourth-order valence-electron chi connectivity index (χ4n) is 2.64. The molecule has 2 heterocycles. The van der Waals surface area contributed by atoms with E-state index < -0.39 is 0 Å². The van der Waals surface area contributed by atoms with Crippen molar-refractivity contribution in [3.05, 3.63) is 22.8 Å². The first-order chi connectivity index (χ1) is 9.22. The largest absolute Gasteiger partial charge is 0.354 e. The summed E-state index contributed by atoms with van der Waals surface area (Å²) in [4.78, 5) is 6.96. The monoisotopic (exact) mass is 281 g/mol. The van der Waals surface area contributed by atoms with Gasteiger partial charge in [-0.05, 0) is 37.9 Å². The molecule has 0 saturated carbocycles. The van der Waals surface area contributed by atoms with Crippen molar-refractivity contribution in [2.45, 2.75) is 52.1 Å². The van der Waals surface area contributed by atoms with E-state index in [4.69, 9.17) is 11.6 Å². The van der Waals surface area contributed by atoms with Crippen LogP contribution in [0.3, 0.4) is 0 Å². The van der Waals surface area contributed by atoms with Gasteiger partial charge in [0.25, 0.3) is 0 Å². The molecule has 0 aromatic carbocycles. The van der Waals surface area contributed by atoms with Crippen molar-refractivity contribution in [3.8, 4) is 0 Å². The maximum absolute atomic E-state index is 6.22. The zero-order valence-electron chi connectivity index (χ0n) is 12.0. The third-order valence-electron chi connectivity index (χ3n) is 3.83. The number of aromatic nitrogens is 1. The second-order valence-electron chi connectivity index (χ2n) is 5.31. The van der Waals surface area contributed by atoms with Crippen molar-refractivity contribution >= 4 is 17.4 Å². The van der Waals surface area contributed by atoms with Gasteiger partial charge in [-0.3, -0.25) is 0 Å². The summed E-state index contributed by atoms with van der Waals surface area (Å²) >= 11 is 6.22. The molecule has 3 nitrogen and oxygen atoms in total. The number of nitrogens with one attached hydrogen (secondary N) is 1. The highest BCUT2D eigenvalue weighted by Crippen LogP contribution is 2.25. The van der Waals surface area contributed by atoms with Gasteiger partial charge >= 0.3 is 0 Å². The van der Waals surface area contributed by atoms with Crippen molar-refractivity contribution in [3.63, 3.8) is 0 Å². The molecule has 1 aliphatic rings. The summed E-state index contributed by atoms with van der Waals surface area (Å²) in [6.07, 6.45) is 6.97. The van der Waals surface area contributed by atoms with E-state index in [1.165, 1.54) is 25.7 Å². The number of nitrogens with zero attached hydrogens (tertiary/aromatic N) is 2. The van der Waals surface area contributed by atoms with Crippen molar-refractivity contribution in [2.24, 2.45) is 0 Å². The van der Waals surface area contributed by atoms with Crippen LogP contribution in [0, 0.1) is 0 Å². The van der Waals surface area contributed by atoms with Crippen LogP contribution in [0.1, 0.15) is 45.1 Å². The molecule has 1 aliphatic heterocycles. The van der Waals surface area contributed by atoms with Gasteiger partial charge in [0, 0.05) is 25.3 Å². The summed E-state index contributed by atoms with van der Waals surface area (Å²) in [5.74, 6) is 1.08. The van der Waals surface area contributed by atoms with Crippen LogP contribution in [-0.4, -0.2) is 24.1 Å². The molecule has 19 heavy (non-hydrogen) atoms. The molecule has 1 fully saturated rings. The third kappa shape index (κ3) is 3.83. The molecule has 0 spiro atoms. The standard InChI is InChI=1S/C15H24ClN3/c1-3-17-10-13-9-15(18-11-14(13)16)19-8-6-4-5-7-12(19)2/h9,11-12,17H,3-8,10H2,1-2H3. The molecule has 2 rings (SSSR count). The Kier molecular flexibility index (Phi) is 5.46. The average Bonchev–Trinajstić information content (AvgIpc) is 2.63. The Morgan fingerprint density at radius 2 is 2.26 bits per heavy atom. The van der Waals surface area contributed by atoms with E-state index in [1.807, 2.05) is 0 Å². The molecule has 0 aliphatic carbocycles. The van der Waals surface area contributed by atoms with Gasteiger partial charge in [0.15, 0.2) is 0 Å². The smallest absolute Gasteiger partial charge is 0.129 e. The van der Waals surface area contributed by atoms with Gasteiger partial charge in [0.1, 0.15) is 5.82 Å². The van der Waals surface area contributed by atoms with Gasteiger partial charge in [-0.1, -0.05) is 31.4 Å². The third-order valence-corrected chi connectivity index (χ3v) is 4.17. The molecule has 1 unspecified atom stereocenters. The minimum Gasteiger partial charge on any atom is -0.354 e. The molecule has 0 bridgehead atoms. The van der Waals surface area contributed by atoms with Crippen molar-refractivity contribution in [1.82, 2.24) is 10.3 Å². The number of anilines is 1. The summed E-state index contributed by atoms with van der Waals surface area (Å²) in [6, 6.07) is 2.72. The molecule has 0 radical (unpaired) electrons. The van der Waals surface area contributed by atoms with Gasteiger partial charge < -0.3 is 10.2 Å². The Morgan fingerprint density at radius 3 is 3.05 bits per heavy atom. The Balaban J connectivity index is 2.18. The minimum atomic E-state index is 0.572. The molecule has 1 aromatic rings. The summed E-state index contributed by atoms with van der Waals surface area (Å²) < 4.78 is 0. The molecule has 1 saturated heterocycles. The SMILES string of the molecule is CCNCc1cc(N2CCCCCC2C)ncc1Cl. The molecular formula is C15H24ClN3. The average molecular weight is 282 g/mol. The first-order valence-electron chi connectivity index (χ1n) is 7.34. The van der Waals surface area contributed by atoms with Crippen LogP contribution in [0.4, 0.5) is 5.82 Å². The van der Waals surface area contributed by atoms with Gasteiger partial charge in [0.05, 0.1) is 5.02 Å². The van der Waals surface area contributed by atoms with E-state index in [2.05, 4.69) is 35.1 Å². The molecule has 4 heteroatoms. The van der Waals surface area contributed by atoms with Crippen LogP contribution in [0.25, 0.3) is 0 Å². The van der Waals surface area contributed by atoms with Gasteiger partial charge in [-0.15, -0.1) is 0 Å². The normalized spacial score (nSPS) is 20.4. The predicted molar refractivity (Wildman–Crippen MR) is 81.9 cm³/mol. The topological polar surface area (TPSA) is 28.2 Å². The number of hydrogen-bond donors (Lipinski definition) is 1. The van der Waals surface area contributed by atoms with Crippen LogP contribution < -0.4 is 10.2 Å². The maximum Gasteiger partial charge on any atom is 0.129 e. The summed E-state index contributed by atoms with van der Waals surface area (Å²) in [5.41, 5.74) is 1.14. The van der Waals surface area contributed by atoms with Gasteiger partial charge in [0.2, 0.25) is 0 Å². The highest BCUT2D eigenvalue weighted by Gasteiger charge is 2.19. The molecular weight excluding hydrogens is 258 g/mol. The zero-order chi connectivity index (χ0) is 13.7. The van der Waals surface area contributed by atoms with Crippen LogP contribution >= 0.6 is 11.6 Å². The van der Waals surface area contributed by atoms with Crippen molar-refractivity contribution < 1.29 is 0 Å². The van der Waals surface area contributed by atoms with Crippen LogP contribution in [-0.2, 0) is 6.54 Å². The lowest BCUT2D eigenvalue weighted by Crippen LogP contribution is -2.33. The molecule has 0 amide bonds. The first kappa shape index (κ1) is 14.6. The number of halogens is 1. The first-order valence-corrected chi connectivity index (χ1v) is 7.72. The van der Waals surface area contributed by atoms with Crippen LogP contribution in [0.2, 0.25) is 5.02 Å². The lowest BCUT2D eigenvalue weighted by molar-refractivity contribution is 0.610.